The summed E-state index contributed by atoms with van der Waals surface area (Å²) < 4.78 is 19.3. The Morgan fingerprint density at radius 3 is 2.43 bits per heavy atom. The molecule has 1 N–H and O–H groups in total. The number of thioether (sulfide) groups is 1. The standard InChI is InChI=1S/C27H23FN4O2S/c1-17-23(26-30-25(31-34-26)20-6-4-3-5-7-20)24(19-10-12-21(28)13-11-19)29-27(33)32(17)16-18-8-14-22(35-2)15-9-18/h3-15,24H,16H2,1-2H3,(H,29,33). The van der Waals surface area contributed by atoms with Crippen LogP contribution in [0.1, 0.15) is 30.0 Å². The minimum absolute atomic E-state index is 0.252. The molecular weight excluding hydrogens is 463 g/mol. The van der Waals surface area contributed by atoms with E-state index in [9.17, 15) is 9.18 Å². The van der Waals surface area contributed by atoms with Crippen LogP contribution in [0.15, 0.2) is 94.0 Å². The molecule has 5 rings (SSSR count). The van der Waals surface area contributed by atoms with Gasteiger partial charge in [0.2, 0.25) is 5.82 Å². The minimum Gasteiger partial charge on any atom is -0.334 e. The van der Waals surface area contributed by atoms with E-state index in [1.54, 1.807) is 28.8 Å². The number of hydrogen-bond donors (Lipinski definition) is 1. The molecule has 176 valence electrons. The highest BCUT2D eigenvalue weighted by molar-refractivity contribution is 7.98. The van der Waals surface area contributed by atoms with Gasteiger partial charge in [0.1, 0.15) is 5.82 Å². The zero-order chi connectivity index (χ0) is 24.4. The van der Waals surface area contributed by atoms with Crippen molar-refractivity contribution >= 4 is 23.4 Å². The fraction of sp³-hybridized carbons (Fsp3) is 0.148. The van der Waals surface area contributed by atoms with Crippen LogP contribution in [0.2, 0.25) is 0 Å². The lowest BCUT2D eigenvalue weighted by molar-refractivity contribution is 0.203. The van der Waals surface area contributed by atoms with Crippen molar-refractivity contribution in [2.24, 2.45) is 0 Å². The third-order valence-electron chi connectivity index (χ3n) is 5.99. The highest BCUT2D eigenvalue weighted by Gasteiger charge is 2.35. The number of carbonyl (C=O) groups excluding carboxylic acids is 1. The number of benzene rings is 3. The van der Waals surface area contributed by atoms with Crippen molar-refractivity contribution in [1.29, 1.82) is 0 Å². The van der Waals surface area contributed by atoms with Crippen LogP contribution in [0.4, 0.5) is 9.18 Å². The molecule has 2 amide bonds. The molecule has 0 aliphatic carbocycles. The molecule has 1 aromatic heterocycles. The number of halogens is 1. The van der Waals surface area contributed by atoms with Crippen molar-refractivity contribution in [1.82, 2.24) is 20.4 Å². The maximum Gasteiger partial charge on any atom is 0.322 e. The molecule has 35 heavy (non-hydrogen) atoms. The molecule has 6 nitrogen and oxygen atoms in total. The number of amides is 2. The van der Waals surface area contributed by atoms with Crippen LogP contribution in [0, 0.1) is 5.82 Å². The predicted octanol–water partition coefficient (Wildman–Crippen LogP) is 6.30. The number of hydrogen-bond acceptors (Lipinski definition) is 5. The van der Waals surface area contributed by atoms with Gasteiger partial charge in [-0.1, -0.05) is 59.8 Å². The zero-order valence-electron chi connectivity index (χ0n) is 19.2. The van der Waals surface area contributed by atoms with Crippen LogP contribution >= 0.6 is 11.8 Å². The second kappa shape index (κ2) is 9.76. The van der Waals surface area contributed by atoms with Gasteiger partial charge in [-0.2, -0.15) is 4.98 Å². The molecule has 0 spiro atoms. The minimum atomic E-state index is -0.567. The van der Waals surface area contributed by atoms with Gasteiger partial charge >= 0.3 is 6.03 Å². The third kappa shape index (κ3) is 4.70. The van der Waals surface area contributed by atoms with E-state index in [4.69, 9.17) is 4.52 Å². The van der Waals surface area contributed by atoms with E-state index in [1.165, 1.54) is 12.1 Å². The van der Waals surface area contributed by atoms with E-state index in [1.807, 2.05) is 67.8 Å². The van der Waals surface area contributed by atoms with E-state index in [2.05, 4.69) is 15.5 Å². The van der Waals surface area contributed by atoms with Crippen molar-refractivity contribution in [3.8, 4) is 11.4 Å². The summed E-state index contributed by atoms with van der Waals surface area (Å²) in [7, 11) is 0. The first-order valence-corrected chi connectivity index (χ1v) is 12.3. The van der Waals surface area contributed by atoms with Gasteiger partial charge in [-0.25, -0.2) is 9.18 Å². The van der Waals surface area contributed by atoms with E-state index < -0.39 is 6.04 Å². The summed E-state index contributed by atoms with van der Waals surface area (Å²) >= 11 is 1.67. The Morgan fingerprint density at radius 2 is 1.74 bits per heavy atom. The Morgan fingerprint density at radius 1 is 1.03 bits per heavy atom. The number of carbonyl (C=O) groups is 1. The van der Waals surface area contributed by atoms with Crippen molar-refractivity contribution in [2.75, 3.05) is 6.26 Å². The number of urea groups is 1. The first-order chi connectivity index (χ1) is 17.0. The lowest BCUT2D eigenvalue weighted by Gasteiger charge is -2.35. The highest BCUT2D eigenvalue weighted by atomic mass is 32.2. The van der Waals surface area contributed by atoms with Crippen LogP contribution in [0.5, 0.6) is 0 Å². The maximum atomic E-state index is 13.6. The van der Waals surface area contributed by atoms with E-state index >= 15 is 0 Å². The van der Waals surface area contributed by atoms with Gasteiger partial charge in [-0.05, 0) is 48.6 Å². The van der Waals surface area contributed by atoms with Crippen LogP contribution in [-0.4, -0.2) is 27.3 Å². The molecule has 4 aromatic rings. The Hall–Kier alpha value is -3.91. The molecule has 1 unspecified atom stereocenters. The molecule has 0 saturated carbocycles. The molecular formula is C27H23FN4O2S. The lowest BCUT2D eigenvalue weighted by atomic mass is 9.94. The molecule has 3 aromatic carbocycles. The SMILES string of the molecule is CSc1ccc(CN2C(=O)NC(c3ccc(F)cc3)C(c3nc(-c4ccccc4)no3)=C2C)cc1. The number of aromatic nitrogens is 2. The second-order valence-electron chi connectivity index (χ2n) is 8.16. The Balaban J connectivity index is 1.57. The van der Waals surface area contributed by atoms with Gasteiger partial charge in [0.05, 0.1) is 18.2 Å². The zero-order valence-corrected chi connectivity index (χ0v) is 20.1. The molecule has 0 bridgehead atoms. The highest BCUT2D eigenvalue weighted by Crippen LogP contribution is 2.38. The first kappa shape index (κ1) is 22.9. The summed E-state index contributed by atoms with van der Waals surface area (Å²) in [4.78, 5) is 20.7. The lowest BCUT2D eigenvalue weighted by Crippen LogP contribution is -2.45. The van der Waals surface area contributed by atoms with Crippen LogP contribution in [0.25, 0.3) is 17.0 Å². The average Bonchev–Trinajstić information content (AvgIpc) is 3.37. The van der Waals surface area contributed by atoms with Gasteiger partial charge in [0.15, 0.2) is 0 Å². The molecule has 0 saturated heterocycles. The Labute approximate surface area is 206 Å². The molecule has 0 fully saturated rings. The first-order valence-electron chi connectivity index (χ1n) is 11.1. The van der Waals surface area contributed by atoms with E-state index in [0.29, 0.717) is 29.5 Å². The quantitative estimate of drug-likeness (QED) is 0.324. The number of allylic oxidation sites excluding steroid dienone is 1. The number of rotatable bonds is 6. The van der Waals surface area contributed by atoms with Gasteiger partial charge in [0.25, 0.3) is 5.89 Å². The van der Waals surface area contributed by atoms with E-state index in [0.717, 1.165) is 21.6 Å². The predicted molar refractivity (Wildman–Crippen MR) is 134 cm³/mol. The second-order valence-corrected chi connectivity index (χ2v) is 9.04. The van der Waals surface area contributed by atoms with Crippen LogP contribution < -0.4 is 5.32 Å². The molecule has 0 radical (unpaired) electrons. The smallest absolute Gasteiger partial charge is 0.322 e. The summed E-state index contributed by atoms with van der Waals surface area (Å²) in [6, 6.07) is 22.9. The summed E-state index contributed by atoms with van der Waals surface area (Å²) in [6.45, 7) is 2.25. The summed E-state index contributed by atoms with van der Waals surface area (Å²) in [5, 5.41) is 7.22. The number of nitrogens with one attached hydrogen (secondary N) is 1. The van der Waals surface area contributed by atoms with Gasteiger partial charge in [0, 0.05) is 16.2 Å². The normalized spacial score (nSPS) is 15.9. The van der Waals surface area contributed by atoms with Crippen molar-refractivity contribution in [2.45, 2.75) is 24.4 Å². The summed E-state index contributed by atoms with van der Waals surface area (Å²) in [6.07, 6.45) is 2.02. The van der Waals surface area contributed by atoms with Gasteiger partial charge in [-0.3, -0.25) is 4.90 Å². The maximum absolute atomic E-state index is 13.6. The van der Waals surface area contributed by atoms with Crippen molar-refractivity contribution in [3.05, 3.63) is 107 Å². The number of nitrogens with zero attached hydrogens (tertiary/aromatic N) is 3. The van der Waals surface area contributed by atoms with Crippen LogP contribution in [-0.2, 0) is 6.54 Å². The van der Waals surface area contributed by atoms with Crippen LogP contribution in [0.3, 0.4) is 0 Å². The van der Waals surface area contributed by atoms with Gasteiger partial charge in [-0.15, -0.1) is 11.8 Å². The van der Waals surface area contributed by atoms with Gasteiger partial charge < -0.3 is 9.84 Å². The Kier molecular flexibility index (Phi) is 6.37. The summed E-state index contributed by atoms with van der Waals surface area (Å²) in [5.74, 6) is 0.408. The van der Waals surface area contributed by atoms with Crippen molar-refractivity contribution < 1.29 is 13.7 Å². The molecule has 8 heteroatoms. The molecule has 1 aliphatic rings. The summed E-state index contributed by atoms with van der Waals surface area (Å²) in [5.41, 5.74) is 3.90. The van der Waals surface area contributed by atoms with E-state index in [-0.39, 0.29) is 11.8 Å². The molecule has 1 atom stereocenters. The fourth-order valence-corrected chi connectivity index (χ4v) is 4.51. The monoisotopic (exact) mass is 486 g/mol. The van der Waals surface area contributed by atoms with Crippen molar-refractivity contribution in [3.63, 3.8) is 0 Å². The Bertz CT molecular complexity index is 1370. The average molecular weight is 487 g/mol. The largest absolute Gasteiger partial charge is 0.334 e. The third-order valence-corrected chi connectivity index (χ3v) is 6.73. The fourth-order valence-electron chi connectivity index (χ4n) is 4.10. The topological polar surface area (TPSA) is 71.3 Å². The molecule has 2 heterocycles. The molecule has 1 aliphatic heterocycles.